The average molecular weight is 616 g/mol. The number of nitrogens with zero attached hydrogens (tertiary/aromatic N) is 2. The lowest BCUT2D eigenvalue weighted by Crippen LogP contribution is -2.53. The number of anilines is 1. The van der Waals surface area contributed by atoms with Gasteiger partial charge in [0.2, 0.25) is 11.8 Å². The van der Waals surface area contributed by atoms with Gasteiger partial charge in [-0.1, -0.05) is 78.4 Å². The van der Waals surface area contributed by atoms with Crippen molar-refractivity contribution >= 4 is 27.5 Å². The number of benzene rings is 4. The molecule has 4 aromatic carbocycles. The van der Waals surface area contributed by atoms with Crippen LogP contribution in [0, 0.1) is 26.6 Å². The first-order valence-corrected chi connectivity index (χ1v) is 16.0. The second kappa shape index (κ2) is 14.3. The second-order valence-corrected chi connectivity index (χ2v) is 12.7. The van der Waals surface area contributed by atoms with Gasteiger partial charge in [-0.05, 0) is 68.7 Å². The first-order valence-electron chi connectivity index (χ1n) is 14.5. The summed E-state index contributed by atoms with van der Waals surface area (Å²) in [4.78, 5) is 29.3. The maximum absolute atomic E-state index is 15.0. The fourth-order valence-corrected chi connectivity index (χ4v) is 6.47. The van der Waals surface area contributed by atoms with Crippen molar-refractivity contribution in [1.29, 1.82) is 0 Å². The summed E-state index contributed by atoms with van der Waals surface area (Å²) in [5, 5.41) is 2.81. The smallest absolute Gasteiger partial charge is 0.264 e. The molecule has 4 rings (SSSR count). The highest BCUT2D eigenvalue weighted by atomic mass is 32.2. The molecule has 0 saturated carbocycles. The van der Waals surface area contributed by atoms with E-state index in [1.54, 1.807) is 56.3 Å². The molecule has 0 aliphatic rings. The van der Waals surface area contributed by atoms with Crippen molar-refractivity contribution in [3.8, 4) is 0 Å². The number of amides is 2. The summed E-state index contributed by atoms with van der Waals surface area (Å²) >= 11 is 0. The molecule has 0 spiro atoms. The van der Waals surface area contributed by atoms with Crippen molar-refractivity contribution in [2.24, 2.45) is 0 Å². The van der Waals surface area contributed by atoms with E-state index in [0.29, 0.717) is 17.8 Å². The Morgan fingerprint density at radius 2 is 1.48 bits per heavy atom. The summed E-state index contributed by atoms with van der Waals surface area (Å²) in [6.07, 6.45) is 0.154. The first kappa shape index (κ1) is 32.4. The average Bonchev–Trinajstić information content (AvgIpc) is 3.00. The number of aryl methyl sites for hydroxylation is 3. The van der Waals surface area contributed by atoms with E-state index in [1.807, 2.05) is 50.2 Å². The zero-order valence-corrected chi connectivity index (χ0v) is 26.3. The highest BCUT2D eigenvalue weighted by molar-refractivity contribution is 7.92. The maximum Gasteiger partial charge on any atom is 0.264 e. The summed E-state index contributed by atoms with van der Waals surface area (Å²) in [6.45, 7) is 6.75. The van der Waals surface area contributed by atoms with Gasteiger partial charge in [-0.3, -0.25) is 13.9 Å². The lowest BCUT2D eigenvalue weighted by atomic mass is 10.0. The summed E-state index contributed by atoms with van der Waals surface area (Å²) in [7, 11) is -4.22. The van der Waals surface area contributed by atoms with Crippen LogP contribution >= 0.6 is 0 Å². The van der Waals surface area contributed by atoms with Crippen LogP contribution in [-0.4, -0.2) is 44.3 Å². The Morgan fingerprint density at radius 3 is 2.14 bits per heavy atom. The SMILES string of the molecule is CCNC(=O)[C@H](Cc1ccccc1)N(Cc1ccccc1F)C(=O)CN(c1cc(C)ccc1C)S(=O)(=O)c1ccc(C)cc1. The van der Waals surface area contributed by atoms with E-state index < -0.39 is 40.2 Å². The van der Waals surface area contributed by atoms with Crippen molar-refractivity contribution in [2.75, 3.05) is 17.4 Å². The van der Waals surface area contributed by atoms with Gasteiger partial charge >= 0.3 is 0 Å². The zero-order chi connectivity index (χ0) is 31.9. The van der Waals surface area contributed by atoms with Crippen LogP contribution in [0.2, 0.25) is 0 Å². The molecule has 44 heavy (non-hydrogen) atoms. The fourth-order valence-electron chi connectivity index (χ4n) is 5.00. The van der Waals surface area contributed by atoms with Gasteiger partial charge < -0.3 is 10.2 Å². The van der Waals surface area contributed by atoms with E-state index in [-0.39, 0.29) is 23.4 Å². The van der Waals surface area contributed by atoms with Gasteiger partial charge in [-0.15, -0.1) is 0 Å². The summed E-state index contributed by atoms with van der Waals surface area (Å²) in [6, 6.07) is 26.1. The van der Waals surface area contributed by atoms with Crippen molar-refractivity contribution in [2.45, 2.75) is 51.6 Å². The molecular weight excluding hydrogens is 577 g/mol. The van der Waals surface area contributed by atoms with Crippen LogP contribution in [0.4, 0.5) is 10.1 Å². The third-order valence-electron chi connectivity index (χ3n) is 7.44. The minimum atomic E-state index is -4.22. The maximum atomic E-state index is 15.0. The van der Waals surface area contributed by atoms with E-state index in [9.17, 15) is 22.4 Å². The third-order valence-corrected chi connectivity index (χ3v) is 9.22. The van der Waals surface area contributed by atoms with E-state index in [0.717, 1.165) is 21.0 Å². The molecule has 0 bridgehead atoms. The van der Waals surface area contributed by atoms with E-state index >= 15 is 0 Å². The number of rotatable bonds is 12. The molecule has 7 nitrogen and oxygen atoms in total. The van der Waals surface area contributed by atoms with Crippen molar-refractivity contribution in [3.05, 3.63) is 131 Å². The summed E-state index contributed by atoms with van der Waals surface area (Å²) in [5.41, 5.74) is 3.72. The predicted molar refractivity (Wildman–Crippen MR) is 171 cm³/mol. The quantitative estimate of drug-likeness (QED) is 0.221. The highest BCUT2D eigenvalue weighted by Gasteiger charge is 2.35. The molecule has 0 saturated heterocycles. The molecule has 0 aliphatic carbocycles. The van der Waals surface area contributed by atoms with Crippen LogP contribution in [-0.2, 0) is 32.6 Å². The third kappa shape index (κ3) is 7.71. The van der Waals surface area contributed by atoms with Crippen LogP contribution in [0.3, 0.4) is 0 Å². The number of nitrogens with one attached hydrogen (secondary N) is 1. The summed E-state index contributed by atoms with van der Waals surface area (Å²) in [5.74, 6) is -1.59. The molecule has 230 valence electrons. The molecule has 0 aromatic heterocycles. The Bertz CT molecular complexity index is 1710. The fraction of sp³-hybridized carbons (Fsp3) is 0.257. The number of halogens is 1. The molecule has 0 heterocycles. The molecule has 0 radical (unpaired) electrons. The number of carbonyl (C=O) groups is 2. The highest BCUT2D eigenvalue weighted by Crippen LogP contribution is 2.29. The van der Waals surface area contributed by atoms with Gasteiger partial charge in [0.1, 0.15) is 18.4 Å². The Kier molecular flexibility index (Phi) is 10.5. The van der Waals surface area contributed by atoms with E-state index in [4.69, 9.17) is 0 Å². The normalized spacial score (nSPS) is 11.9. The number of hydrogen-bond acceptors (Lipinski definition) is 4. The van der Waals surface area contributed by atoms with Gasteiger partial charge in [0.05, 0.1) is 10.6 Å². The van der Waals surface area contributed by atoms with Crippen LogP contribution in [0.1, 0.15) is 34.7 Å². The number of hydrogen-bond donors (Lipinski definition) is 1. The van der Waals surface area contributed by atoms with Crippen molar-refractivity contribution in [3.63, 3.8) is 0 Å². The minimum absolute atomic E-state index is 0.0296. The van der Waals surface area contributed by atoms with E-state index in [2.05, 4.69) is 5.32 Å². The topological polar surface area (TPSA) is 86.8 Å². The van der Waals surface area contributed by atoms with Crippen LogP contribution in [0.15, 0.2) is 102 Å². The van der Waals surface area contributed by atoms with Crippen LogP contribution in [0.25, 0.3) is 0 Å². The Labute approximate surface area is 259 Å². The van der Waals surface area contributed by atoms with Crippen molar-refractivity contribution < 1.29 is 22.4 Å². The van der Waals surface area contributed by atoms with Gasteiger partial charge in [-0.25, -0.2) is 12.8 Å². The molecule has 0 fully saturated rings. The number of carbonyl (C=O) groups excluding carboxylic acids is 2. The van der Waals surface area contributed by atoms with Crippen LogP contribution in [0.5, 0.6) is 0 Å². The standard InChI is InChI=1S/C35H38FN3O4S/c1-5-37-35(41)33(22-28-11-7-6-8-12-28)38(23-29-13-9-10-14-31(29)36)34(40)24-39(32-21-26(3)15-18-27(32)4)44(42,43)30-19-16-25(2)17-20-30/h6-21,33H,5,22-24H2,1-4H3,(H,37,41)/t33-/m0/s1. The van der Waals surface area contributed by atoms with Gasteiger partial charge in [-0.2, -0.15) is 0 Å². The van der Waals surface area contributed by atoms with Crippen LogP contribution < -0.4 is 9.62 Å². The minimum Gasteiger partial charge on any atom is -0.355 e. The largest absolute Gasteiger partial charge is 0.355 e. The molecule has 1 N–H and O–H groups in total. The molecule has 0 unspecified atom stereocenters. The number of likely N-dealkylation sites (N-methyl/N-ethyl adjacent to an activating group) is 1. The molecule has 9 heteroatoms. The molecule has 4 aromatic rings. The first-order chi connectivity index (χ1) is 21.0. The monoisotopic (exact) mass is 615 g/mol. The van der Waals surface area contributed by atoms with Gasteiger partial charge in [0.15, 0.2) is 0 Å². The zero-order valence-electron chi connectivity index (χ0n) is 25.5. The van der Waals surface area contributed by atoms with Gasteiger partial charge in [0, 0.05) is 25.1 Å². The Morgan fingerprint density at radius 1 is 0.841 bits per heavy atom. The predicted octanol–water partition coefficient (Wildman–Crippen LogP) is 5.72. The molecule has 0 aliphatic heterocycles. The van der Waals surface area contributed by atoms with Gasteiger partial charge in [0.25, 0.3) is 10.0 Å². The molecule has 1 atom stereocenters. The lowest BCUT2D eigenvalue weighted by molar-refractivity contribution is -0.140. The molecule has 2 amide bonds. The van der Waals surface area contributed by atoms with Crippen molar-refractivity contribution in [1.82, 2.24) is 10.2 Å². The second-order valence-electron chi connectivity index (χ2n) is 10.8. The Hall–Kier alpha value is -4.50. The Balaban J connectivity index is 1.83. The summed E-state index contributed by atoms with van der Waals surface area (Å²) < 4.78 is 44.4. The van der Waals surface area contributed by atoms with E-state index in [1.165, 1.54) is 23.1 Å². The molecular formula is C35H38FN3O4S. The lowest BCUT2D eigenvalue weighted by Gasteiger charge is -2.34. The number of sulfonamides is 1.